The number of amides is 1. The lowest BCUT2D eigenvalue weighted by molar-refractivity contribution is -0.127. The molecule has 7 nitrogen and oxygen atoms in total. The number of likely N-dealkylation sites (tertiary alicyclic amines) is 1. The summed E-state index contributed by atoms with van der Waals surface area (Å²) in [7, 11) is 3.21. The number of benzene rings is 2. The number of nitrogens with two attached hydrogens (primary N) is 1. The van der Waals surface area contributed by atoms with Crippen molar-refractivity contribution in [2.75, 3.05) is 27.3 Å². The minimum atomic E-state index is -0.180. The number of nitrogens with zero attached hydrogens (tertiary/aromatic N) is 2. The molecule has 0 saturated carbocycles. The summed E-state index contributed by atoms with van der Waals surface area (Å²) in [4.78, 5) is 34.3. The van der Waals surface area contributed by atoms with Crippen molar-refractivity contribution in [2.24, 2.45) is 22.6 Å². The Kier molecular flexibility index (Phi) is 9.77. The predicted molar refractivity (Wildman–Crippen MR) is 175 cm³/mol. The number of fused-ring (bicyclic) bond motifs is 1. The topological polar surface area (TPSA) is 94.2 Å². The zero-order chi connectivity index (χ0) is 30.3. The van der Waals surface area contributed by atoms with Gasteiger partial charge < -0.3 is 20.1 Å². The Labute approximate surface area is 257 Å². The van der Waals surface area contributed by atoms with E-state index in [0.717, 1.165) is 51.2 Å². The van der Waals surface area contributed by atoms with Crippen LogP contribution in [0.15, 0.2) is 83.5 Å². The van der Waals surface area contributed by atoms with Gasteiger partial charge in [-0.2, -0.15) is 0 Å². The molecule has 0 spiro atoms. The molecule has 8 heteroatoms. The zero-order valence-corrected chi connectivity index (χ0v) is 25.9. The Morgan fingerprint density at radius 1 is 1.12 bits per heavy atom. The molecule has 43 heavy (non-hydrogen) atoms. The maximum atomic E-state index is 13.5. The van der Waals surface area contributed by atoms with E-state index in [-0.39, 0.29) is 29.2 Å². The molecule has 2 atom stereocenters. The highest BCUT2D eigenvalue weighted by Crippen LogP contribution is 2.33. The second-order valence-corrected chi connectivity index (χ2v) is 12.3. The van der Waals surface area contributed by atoms with Gasteiger partial charge in [-0.3, -0.25) is 14.6 Å². The third kappa shape index (κ3) is 7.25. The molecule has 3 heterocycles. The van der Waals surface area contributed by atoms with Crippen molar-refractivity contribution in [2.45, 2.75) is 39.0 Å². The first-order valence-corrected chi connectivity index (χ1v) is 15.6. The number of rotatable bonds is 8. The third-order valence-electron chi connectivity index (χ3n) is 8.22. The molecule has 1 unspecified atom stereocenters. The predicted octanol–water partition coefficient (Wildman–Crippen LogP) is 7.04. The van der Waals surface area contributed by atoms with Crippen LogP contribution in [0.25, 0.3) is 15.8 Å². The number of ether oxygens (including phenoxy) is 2. The van der Waals surface area contributed by atoms with Crippen molar-refractivity contribution in [3.05, 3.63) is 89.0 Å². The summed E-state index contributed by atoms with van der Waals surface area (Å²) in [5.41, 5.74) is 8.97. The van der Waals surface area contributed by atoms with E-state index in [4.69, 9.17) is 20.2 Å². The van der Waals surface area contributed by atoms with Gasteiger partial charge in [0.05, 0.1) is 30.5 Å². The lowest BCUT2D eigenvalue weighted by Crippen LogP contribution is -2.38. The maximum Gasteiger partial charge on any atom is 0.269 e. The van der Waals surface area contributed by atoms with E-state index in [1.165, 1.54) is 0 Å². The minimum Gasteiger partial charge on any atom is -0.493 e. The highest BCUT2D eigenvalue weighted by atomic mass is 32.1. The quantitative estimate of drug-likeness (QED) is 0.222. The summed E-state index contributed by atoms with van der Waals surface area (Å²) in [5.74, 6) is 1.67. The van der Waals surface area contributed by atoms with Crippen molar-refractivity contribution in [1.82, 2.24) is 4.90 Å². The van der Waals surface area contributed by atoms with Gasteiger partial charge in [0.15, 0.2) is 17.3 Å². The van der Waals surface area contributed by atoms with Crippen molar-refractivity contribution in [3.63, 3.8) is 0 Å². The van der Waals surface area contributed by atoms with E-state index in [2.05, 4.69) is 19.1 Å². The molecular weight excluding hydrogens is 558 g/mol. The number of hydrogen-bond donors (Lipinski definition) is 1. The van der Waals surface area contributed by atoms with Gasteiger partial charge in [0.2, 0.25) is 0 Å². The van der Waals surface area contributed by atoms with Crippen molar-refractivity contribution in [1.29, 1.82) is 0 Å². The Morgan fingerprint density at radius 2 is 1.93 bits per heavy atom. The monoisotopic (exact) mass is 597 g/mol. The second kappa shape index (κ2) is 13.9. The van der Waals surface area contributed by atoms with E-state index in [1.807, 2.05) is 59.5 Å². The molecule has 1 aromatic heterocycles. The molecule has 2 aliphatic rings. The molecule has 0 radical (unpaired) electrons. The summed E-state index contributed by atoms with van der Waals surface area (Å²) >= 11 is 1.56. The molecule has 2 aliphatic heterocycles. The summed E-state index contributed by atoms with van der Waals surface area (Å²) in [6, 6.07) is 15.8. The summed E-state index contributed by atoms with van der Waals surface area (Å²) in [5, 5.41) is 1.11. The first-order valence-electron chi connectivity index (χ1n) is 14.8. The maximum absolute atomic E-state index is 13.5. The fraction of sp³-hybridized carbons (Fsp3) is 0.343. The normalized spacial score (nSPS) is 21.6. The van der Waals surface area contributed by atoms with Crippen LogP contribution in [0.2, 0.25) is 0 Å². The van der Waals surface area contributed by atoms with Gasteiger partial charge in [-0.1, -0.05) is 37.3 Å². The van der Waals surface area contributed by atoms with Gasteiger partial charge in [0, 0.05) is 35.5 Å². The molecule has 224 valence electrons. The van der Waals surface area contributed by atoms with E-state index in [1.54, 1.807) is 31.6 Å². The molecule has 3 aromatic rings. The lowest BCUT2D eigenvalue weighted by atomic mass is 9.86. The molecule has 0 aliphatic carbocycles. The molecule has 1 fully saturated rings. The second-order valence-electron chi connectivity index (χ2n) is 11.2. The fourth-order valence-electron chi connectivity index (χ4n) is 5.78. The van der Waals surface area contributed by atoms with Crippen LogP contribution < -0.4 is 15.2 Å². The summed E-state index contributed by atoms with van der Waals surface area (Å²) in [6.45, 7) is 3.33. The standard InChI is InChI=1S/C35H39N3O4S/c1-23-22-38(17-9-11-24(23)18-30(39)34-20-26-10-7-8-14-33(26)43-34)35(40)28(36)21-27-12-5-4-6-13-29(37-27)25-15-16-31(41-2)32(19-25)42-3/h4,6-8,10,13-16,19-21,23-24H,5,9,11-12,17-18,22,36H2,1-3H3/b6-4-,28-21?,29-13-,37-27?/t23-,24?/m0/s1. The first-order chi connectivity index (χ1) is 20.9. The van der Waals surface area contributed by atoms with E-state index in [9.17, 15) is 9.59 Å². The van der Waals surface area contributed by atoms with Crippen molar-refractivity contribution >= 4 is 44.5 Å². The Hall–Kier alpha value is -4.17. The number of carbonyl (C=O) groups excluding carboxylic acids is 2. The van der Waals surface area contributed by atoms with Crippen molar-refractivity contribution < 1.29 is 19.1 Å². The average Bonchev–Trinajstić information content (AvgIpc) is 3.36. The van der Waals surface area contributed by atoms with Crippen LogP contribution in [0.1, 0.15) is 54.3 Å². The molecule has 5 rings (SSSR count). The Morgan fingerprint density at radius 3 is 2.72 bits per heavy atom. The van der Waals surface area contributed by atoms with Crippen LogP contribution in [0, 0.1) is 11.8 Å². The number of carbonyl (C=O) groups is 2. The van der Waals surface area contributed by atoms with Gasteiger partial charge in [-0.15, -0.1) is 11.3 Å². The van der Waals surface area contributed by atoms with Crippen LogP contribution in [0.3, 0.4) is 0 Å². The largest absolute Gasteiger partial charge is 0.493 e. The number of ketones is 1. The number of Topliss-reactive ketones (excluding diaryl/α,β-unsaturated/α-hetero) is 1. The molecule has 1 amide bonds. The Balaban J connectivity index is 1.27. The van der Waals surface area contributed by atoms with Gasteiger partial charge in [0.25, 0.3) is 5.91 Å². The SMILES string of the molecule is COc1ccc(/C2=C/C=C\CCC(C=C(N)C(=O)N3CCCC(CC(=O)c4cc5ccccc5s4)[C@@H](C)C3)=N2)cc1OC. The average molecular weight is 598 g/mol. The summed E-state index contributed by atoms with van der Waals surface area (Å²) in [6.07, 6.45) is 11.4. The lowest BCUT2D eigenvalue weighted by Gasteiger charge is -2.25. The molecular formula is C35H39N3O4S. The number of allylic oxidation sites excluding steroid dienone is 4. The van der Waals surface area contributed by atoms with E-state index < -0.39 is 0 Å². The molecule has 2 N–H and O–H groups in total. The number of aliphatic imine (C=N–C) groups is 1. The number of methoxy groups -OCH3 is 2. The third-order valence-corrected chi connectivity index (χ3v) is 9.38. The van der Waals surface area contributed by atoms with Crippen LogP contribution in [0.5, 0.6) is 11.5 Å². The zero-order valence-electron chi connectivity index (χ0n) is 25.0. The van der Waals surface area contributed by atoms with Gasteiger partial charge >= 0.3 is 0 Å². The molecule has 1 saturated heterocycles. The van der Waals surface area contributed by atoms with Crippen molar-refractivity contribution in [3.8, 4) is 11.5 Å². The molecule has 0 bridgehead atoms. The smallest absolute Gasteiger partial charge is 0.269 e. The van der Waals surface area contributed by atoms with E-state index in [0.29, 0.717) is 37.4 Å². The van der Waals surface area contributed by atoms with Crippen LogP contribution in [0.4, 0.5) is 0 Å². The van der Waals surface area contributed by atoms with Gasteiger partial charge in [0.1, 0.15) is 0 Å². The van der Waals surface area contributed by atoms with Gasteiger partial charge in [-0.05, 0) is 85.4 Å². The fourth-order valence-corrected chi connectivity index (χ4v) is 6.79. The van der Waals surface area contributed by atoms with Crippen LogP contribution >= 0.6 is 11.3 Å². The Bertz CT molecular complexity index is 1580. The number of thiophene rings is 1. The molecule has 2 aromatic carbocycles. The van der Waals surface area contributed by atoms with E-state index >= 15 is 0 Å². The van der Waals surface area contributed by atoms with Crippen LogP contribution in [-0.2, 0) is 4.79 Å². The van der Waals surface area contributed by atoms with Crippen LogP contribution in [-0.4, -0.2) is 49.6 Å². The number of hydrogen-bond acceptors (Lipinski definition) is 7. The van der Waals surface area contributed by atoms with Gasteiger partial charge in [-0.25, -0.2) is 0 Å². The minimum absolute atomic E-state index is 0.180. The summed E-state index contributed by atoms with van der Waals surface area (Å²) < 4.78 is 12.0. The first kappa shape index (κ1) is 30.3. The highest BCUT2D eigenvalue weighted by Gasteiger charge is 2.29. The highest BCUT2D eigenvalue weighted by molar-refractivity contribution is 7.20.